The number of aryl methyl sites for hydroxylation is 1. The Labute approximate surface area is 95.1 Å². The van der Waals surface area contributed by atoms with Crippen molar-refractivity contribution in [3.8, 4) is 5.69 Å². The smallest absolute Gasteiger partial charge is 0.102 e. The van der Waals surface area contributed by atoms with Crippen molar-refractivity contribution in [2.75, 3.05) is 0 Å². The molecule has 0 bridgehead atoms. The van der Waals surface area contributed by atoms with Crippen LogP contribution in [0.2, 0.25) is 0 Å². The lowest BCUT2D eigenvalue weighted by Crippen LogP contribution is -2.29. The molecule has 0 radical (unpaired) electrons. The molecule has 0 unspecified atom stereocenters. The maximum absolute atomic E-state index is 5.96. The van der Waals surface area contributed by atoms with Crippen molar-refractivity contribution in [1.29, 1.82) is 0 Å². The molecule has 2 aromatic rings. The minimum absolute atomic E-state index is 0.456. The van der Waals surface area contributed by atoms with E-state index in [1.165, 1.54) is 5.56 Å². The fraction of sp³-hybridized carbons (Fsp3) is 0.333. The van der Waals surface area contributed by atoms with Crippen LogP contribution in [0.25, 0.3) is 5.69 Å². The first kappa shape index (κ1) is 10.8. The van der Waals surface area contributed by atoms with Gasteiger partial charge in [-0.25, -0.2) is 4.68 Å². The Bertz CT molecular complexity index is 494. The Morgan fingerprint density at radius 2 is 2.06 bits per heavy atom. The van der Waals surface area contributed by atoms with Crippen LogP contribution in [0.4, 0.5) is 0 Å². The van der Waals surface area contributed by atoms with E-state index in [-0.39, 0.29) is 0 Å². The van der Waals surface area contributed by atoms with Gasteiger partial charge in [-0.3, -0.25) is 0 Å². The summed E-state index contributed by atoms with van der Waals surface area (Å²) in [6.07, 6.45) is 1.87. The highest BCUT2D eigenvalue weighted by Crippen LogP contribution is 2.15. The monoisotopic (exact) mass is 216 g/mol. The van der Waals surface area contributed by atoms with Gasteiger partial charge in [0.25, 0.3) is 0 Å². The number of hydrogen-bond acceptors (Lipinski definition) is 3. The summed E-state index contributed by atoms with van der Waals surface area (Å²) in [5.74, 6) is 0. The SMILES string of the molecule is Cc1cccc(-n2cc(C(C)(C)N)nn2)c1. The molecule has 2 N–H and O–H groups in total. The number of nitrogens with zero attached hydrogens (tertiary/aromatic N) is 3. The summed E-state index contributed by atoms with van der Waals surface area (Å²) >= 11 is 0. The van der Waals surface area contributed by atoms with Crippen molar-refractivity contribution in [2.45, 2.75) is 26.3 Å². The van der Waals surface area contributed by atoms with Gasteiger partial charge in [0.1, 0.15) is 5.69 Å². The molecule has 2 rings (SSSR count). The molecular weight excluding hydrogens is 200 g/mol. The summed E-state index contributed by atoms with van der Waals surface area (Å²) in [6, 6.07) is 8.10. The van der Waals surface area contributed by atoms with Gasteiger partial charge in [-0.1, -0.05) is 17.3 Å². The van der Waals surface area contributed by atoms with Crippen molar-refractivity contribution in [3.63, 3.8) is 0 Å². The van der Waals surface area contributed by atoms with Crippen LogP contribution in [0.15, 0.2) is 30.5 Å². The Balaban J connectivity index is 2.39. The number of aromatic nitrogens is 3. The molecule has 0 aliphatic heterocycles. The van der Waals surface area contributed by atoms with Crippen molar-refractivity contribution in [3.05, 3.63) is 41.7 Å². The van der Waals surface area contributed by atoms with Crippen LogP contribution >= 0.6 is 0 Å². The minimum atomic E-state index is -0.456. The van der Waals surface area contributed by atoms with Crippen LogP contribution in [-0.2, 0) is 5.54 Å². The van der Waals surface area contributed by atoms with Crippen LogP contribution in [0.5, 0.6) is 0 Å². The molecule has 84 valence electrons. The predicted octanol–water partition coefficient (Wildman–Crippen LogP) is 1.77. The molecular formula is C12H16N4. The van der Waals surface area contributed by atoms with Crippen molar-refractivity contribution in [2.24, 2.45) is 5.73 Å². The molecule has 1 heterocycles. The molecule has 0 amide bonds. The van der Waals surface area contributed by atoms with E-state index in [4.69, 9.17) is 5.73 Å². The van der Waals surface area contributed by atoms with Crippen LogP contribution < -0.4 is 5.73 Å². The zero-order chi connectivity index (χ0) is 11.8. The van der Waals surface area contributed by atoms with Gasteiger partial charge in [0.15, 0.2) is 0 Å². The van der Waals surface area contributed by atoms with Gasteiger partial charge in [-0.15, -0.1) is 5.10 Å². The Morgan fingerprint density at radius 1 is 1.31 bits per heavy atom. The Hall–Kier alpha value is -1.68. The average molecular weight is 216 g/mol. The first-order valence-electron chi connectivity index (χ1n) is 5.25. The zero-order valence-corrected chi connectivity index (χ0v) is 9.81. The van der Waals surface area contributed by atoms with E-state index in [9.17, 15) is 0 Å². The lowest BCUT2D eigenvalue weighted by atomic mass is 10.0. The van der Waals surface area contributed by atoms with Gasteiger partial charge in [0.2, 0.25) is 0 Å². The van der Waals surface area contributed by atoms with Gasteiger partial charge in [-0.05, 0) is 38.5 Å². The average Bonchev–Trinajstić information content (AvgIpc) is 2.65. The number of rotatable bonds is 2. The van der Waals surface area contributed by atoms with Crippen molar-refractivity contribution in [1.82, 2.24) is 15.0 Å². The number of hydrogen-bond donors (Lipinski definition) is 1. The summed E-state index contributed by atoms with van der Waals surface area (Å²) in [7, 11) is 0. The Morgan fingerprint density at radius 3 is 2.62 bits per heavy atom. The summed E-state index contributed by atoms with van der Waals surface area (Å²) in [5.41, 5.74) is 8.49. The van der Waals surface area contributed by atoms with E-state index in [2.05, 4.69) is 16.4 Å². The second-order valence-electron chi connectivity index (χ2n) is 4.61. The van der Waals surface area contributed by atoms with Crippen LogP contribution in [0.1, 0.15) is 25.1 Å². The first-order chi connectivity index (χ1) is 7.47. The zero-order valence-electron chi connectivity index (χ0n) is 9.81. The molecule has 1 aromatic carbocycles. The summed E-state index contributed by atoms with van der Waals surface area (Å²) < 4.78 is 1.75. The van der Waals surface area contributed by atoms with Crippen LogP contribution in [-0.4, -0.2) is 15.0 Å². The second kappa shape index (κ2) is 3.72. The largest absolute Gasteiger partial charge is 0.320 e. The number of benzene rings is 1. The number of nitrogens with two attached hydrogens (primary N) is 1. The second-order valence-corrected chi connectivity index (χ2v) is 4.61. The third-order valence-electron chi connectivity index (χ3n) is 2.42. The standard InChI is InChI=1S/C12H16N4/c1-9-5-4-6-10(7-9)16-8-11(14-15-16)12(2,3)13/h4-8H,13H2,1-3H3. The lowest BCUT2D eigenvalue weighted by Gasteiger charge is -2.13. The van der Waals surface area contributed by atoms with Crippen molar-refractivity contribution >= 4 is 0 Å². The van der Waals surface area contributed by atoms with Gasteiger partial charge in [0.05, 0.1) is 17.4 Å². The maximum atomic E-state index is 5.96. The molecule has 4 heteroatoms. The molecule has 0 aliphatic carbocycles. The quantitative estimate of drug-likeness (QED) is 0.832. The molecule has 0 spiro atoms. The van der Waals surface area contributed by atoms with E-state index >= 15 is 0 Å². The maximum Gasteiger partial charge on any atom is 0.102 e. The fourth-order valence-electron chi connectivity index (χ4n) is 1.46. The van der Waals surface area contributed by atoms with Gasteiger partial charge in [-0.2, -0.15) is 0 Å². The van der Waals surface area contributed by atoms with Crippen LogP contribution in [0.3, 0.4) is 0 Å². The molecule has 0 saturated heterocycles. The van der Waals surface area contributed by atoms with Gasteiger partial charge >= 0.3 is 0 Å². The highest BCUT2D eigenvalue weighted by Gasteiger charge is 2.18. The summed E-state index contributed by atoms with van der Waals surface area (Å²) in [6.45, 7) is 5.88. The van der Waals surface area contributed by atoms with E-state index in [1.54, 1.807) is 4.68 Å². The summed E-state index contributed by atoms with van der Waals surface area (Å²) in [4.78, 5) is 0. The highest BCUT2D eigenvalue weighted by atomic mass is 15.4. The molecule has 0 aliphatic rings. The van der Waals surface area contributed by atoms with E-state index in [0.29, 0.717) is 0 Å². The molecule has 0 saturated carbocycles. The Kier molecular flexibility index (Phi) is 2.52. The van der Waals surface area contributed by atoms with Crippen LogP contribution in [0, 0.1) is 6.92 Å². The lowest BCUT2D eigenvalue weighted by molar-refractivity contribution is 0.533. The molecule has 1 aromatic heterocycles. The van der Waals surface area contributed by atoms with Gasteiger partial charge in [0, 0.05) is 0 Å². The molecule has 0 fully saturated rings. The van der Waals surface area contributed by atoms with E-state index in [0.717, 1.165) is 11.4 Å². The van der Waals surface area contributed by atoms with E-state index < -0.39 is 5.54 Å². The summed E-state index contributed by atoms with van der Waals surface area (Å²) in [5, 5.41) is 8.16. The van der Waals surface area contributed by atoms with E-state index in [1.807, 2.05) is 45.2 Å². The first-order valence-corrected chi connectivity index (χ1v) is 5.25. The molecule has 0 atom stereocenters. The van der Waals surface area contributed by atoms with Crippen molar-refractivity contribution < 1.29 is 0 Å². The third kappa shape index (κ3) is 2.12. The van der Waals surface area contributed by atoms with Gasteiger partial charge < -0.3 is 5.73 Å². The normalized spacial score (nSPS) is 11.8. The molecule has 16 heavy (non-hydrogen) atoms. The fourth-order valence-corrected chi connectivity index (χ4v) is 1.46. The topological polar surface area (TPSA) is 56.7 Å². The third-order valence-corrected chi connectivity index (χ3v) is 2.42. The minimum Gasteiger partial charge on any atom is -0.320 e. The molecule has 4 nitrogen and oxygen atoms in total. The highest BCUT2D eigenvalue weighted by molar-refractivity contribution is 5.34. The predicted molar refractivity (Wildman–Crippen MR) is 63.3 cm³/mol.